The first kappa shape index (κ1) is 55.3. The Labute approximate surface area is 463 Å². The molecule has 2 aromatic heterocycles. The number of aryl methyl sites for hydroxylation is 1. The lowest BCUT2D eigenvalue weighted by Gasteiger charge is -2.48. The predicted octanol–water partition coefficient (Wildman–Crippen LogP) is 6.78. The van der Waals surface area contributed by atoms with Gasteiger partial charge in [-0.15, -0.1) is 0 Å². The van der Waals surface area contributed by atoms with Gasteiger partial charge in [-0.3, -0.25) is 34.1 Å². The number of hydrazine groups is 1. The van der Waals surface area contributed by atoms with Gasteiger partial charge in [-0.1, -0.05) is 70.2 Å². The van der Waals surface area contributed by atoms with E-state index >= 15 is 4.79 Å². The number of methoxy groups -OCH3 is 2. The minimum absolute atomic E-state index is 0.0218. The van der Waals surface area contributed by atoms with Crippen molar-refractivity contribution in [1.29, 1.82) is 0 Å². The molecular formula is C61H77N9O9. The molecule has 4 amide bonds. The molecule has 5 aliphatic rings. The molecule has 1 unspecified atom stereocenters. The van der Waals surface area contributed by atoms with Gasteiger partial charge in [-0.2, -0.15) is 0 Å². The number of ether oxygens (including phenoxy) is 3. The van der Waals surface area contributed by atoms with Crippen LogP contribution in [-0.2, 0) is 52.8 Å². The number of phenolic OH excluding ortho intramolecular Hbond substituents is 1. The van der Waals surface area contributed by atoms with Crippen molar-refractivity contribution < 1.29 is 43.3 Å². The summed E-state index contributed by atoms with van der Waals surface area (Å²) in [6.45, 7) is 17.0. The monoisotopic (exact) mass is 1080 g/mol. The number of likely N-dealkylation sites (N-methyl/N-ethyl adjacent to an activating group) is 2. The van der Waals surface area contributed by atoms with Crippen molar-refractivity contribution in [2.75, 3.05) is 79.1 Å². The summed E-state index contributed by atoms with van der Waals surface area (Å²) in [6.07, 6.45) is 2.19. The number of phenols is 1. The Morgan fingerprint density at radius 3 is 2.41 bits per heavy atom. The summed E-state index contributed by atoms with van der Waals surface area (Å²) < 4.78 is 19.7. The number of aromatic hydroxyl groups is 1. The zero-order valence-electron chi connectivity index (χ0n) is 47.3. The fourth-order valence-electron chi connectivity index (χ4n) is 12.7. The van der Waals surface area contributed by atoms with Crippen molar-refractivity contribution in [3.8, 4) is 28.1 Å². The summed E-state index contributed by atoms with van der Waals surface area (Å²) >= 11 is 0. The van der Waals surface area contributed by atoms with E-state index in [1.165, 1.54) is 21.9 Å². The molecule has 1 saturated carbocycles. The second-order valence-electron chi connectivity index (χ2n) is 23.6. The quantitative estimate of drug-likeness (QED) is 0.118. The Hall–Kier alpha value is -7.02. The molecule has 4 fully saturated rings. The third-order valence-corrected chi connectivity index (χ3v) is 17.2. The van der Waals surface area contributed by atoms with Gasteiger partial charge in [-0.25, -0.2) is 10.2 Å². The highest BCUT2D eigenvalue weighted by Crippen LogP contribution is 2.47. The maximum Gasteiger partial charge on any atom is 0.410 e. The minimum atomic E-state index is -1.22. The molecule has 0 spiro atoms. The van der Waals surface area contributed by atoms with Crippen molar-refractivity contribution >= 4 is 46.4 Å². The number of hydrogen-bond acceptors (Lipinski definition) is 13. The number of esters is 1. The number of benzene rings is 3. The van der Waals surface area contributed by atoms with Gasteiger partial charge in [0.05, 0.1) is 43.1 Å². The fraction of sp³-hybridized carbons (Fsp3) is 0.508. The van der Waals surface area contributed by atoms with Crippen molar-refractivity contribution in [3.63, 3.8) is 0 Å². The topological polar surface area (TPSA) is 191 Å². The summed E-state index contributed by atoms with van der Waals surface area (Å²) in [6, 6.07) is 19.3. The van der Waals surface area contributed by atoms with E-state index in [1.54, 1.807) is 26.3 Å². The SMILES string of the molecule is CCn1c(-c2cc(N3CCN(C)CC3)cnc2[C@H](C)OC)c2c3cc(ccc31)-c1cc(O)cc(c1)C[C@H](NC(=O)[C@H](C(C)C)N(C)C(=O)[C@H]1[C@@H](c3ccccc3)CN1C(=O)OC)C(=O)N1CC3C[C@@H]3[C@H](N1)C(=O)OCC(C)(C)C2. The van der Waals surface area contributed by atoms with E-state index in [0.29, 0.717) is 37.1 Å². The first-order valence-corrected chi connectivity index (χ1v) is 27.9. The highest BCUT2D eigenvalue weighted by Gasteiger charge is 2.54. The van der Waals surface area contributed by atoms with Crippen LogP contribution in [0.4, 0.5) is 10.5 Å². The molecule has 18 nitrogen and oxygen atoms in total. The van der Waals surface area contributed by atoms with Gasteiger partial charge in [0.2, 0.25) is 11.8 Å². The molecule has 3 N–H and O–H groups in total. The highest BCUT2D eigenvalue weighted by atomic mass is 16.5. The molecule has 6 heterocycles. The summed E-state index contributed by atoms with van der Waals surface area (Å²) in [5, 5.41) is 17.1. The van der Waals surface area contributed by atoms with Crippen LogP contribution < -0.4 is 15.6 Å². The van der Waals surface area contributed by atoms with E-state index < -0.39 is 65.3 Å². The Kier molecular flexibility index (Phi) is 15.6. The van der Waals surface area contributed by atoms with E-state index in [4.69, 9.17) is 19.2 Å². The van der Waals surface area contributed by atoms with Crippen LogP contribution in [0.25, 0.3) is 33.3 Å². The van der Waals surface area contributed by atoms with Crippen molar-refractivity contribution in [1.82, 2.24) is 40.0 Å². The third-order valence-electron chi connectivity index (χ3n) is 17.2. The van der Waals surface area contributed by atoms with Gasteiger partial charge >= 0.3 is 12.1 Å². The Bertz CT molecular complexity index is 3130. The maximum atomic E-state index is 15.2. The molecular weight excluding hydrogens is 1000 g/mol. The predicted molar refractivity (Wildman–Crippen MR) is 301 cm³/mol. The van der Waals surface area contributed by atoms with Gasteiger partial charge in [0.1, 0.15) is 29.9 Å². The summed E-state index contributed by atoms with van der Waals surface area (Å²) in [4.78, 5) is 84.9. The molecule has 3 saturated heterocycles. The number of nitrogens with one attached hydrogen (secondary N) is 2. The van der Waals surface area contributed by atoms with Crippen molar-refractivity contribution in [2.24, 2.45) is 23.2 Å². The molecule has 4 aliphatic heterocycles. The molecule has 6 bridgehead atoms. The number of aromatic nitrogens is 2. The van der Waals surface area contributed by atoms with Crippen LogP contribution >= 0.6 is 0 Å². The molecule has 420 valence electrons. The molecule has 79 heavy (non-hydrogen) atoms. The molecule has 18 heteroatoms. The van der Waals surface area contributed by atoms with E-state index in [0.717, 1.165) is 76.4 Å². The van der Waals surface area contributed by atoms with Crippen LogP contribution in [0.1, 0.15) is 82.4 Å². The average molecular weight is 1080 g/mol. The number of hydrogen-bond donors (Lipinski definition) is 3. The first-order valence-electron chi connectivity index (χ1n) is 27.9. The van der Waals surface area contributed by atoms with E-state index in [2.05, 4.69) is 71.1 Å². The number of fused-ring (bicyclic) bond motifs is 8. The number of cyclic esters (lactones) is 1. The fourth-order valence-corrected chi connectivity index (χ4v) is 12.7. The molecule has 0 radical (unpaired) electrons. The summed E-state index contributed by atoms with van der Waals surface area (Å²) in [5.41, 5.74) is 11.6. The lowest BCUT2D eigenvalue weighted by Crippen LogP contribution is -2.66. The molecule has 5 aromatic rings. The first-order chi connectivity index (χ1) is 37.8. The van der Waals surface area contributed by atoms with Crippen LogP contribution in [0.15, 0.2) is 79.0 Å². The van der Waals surface area contributed by atoms with Crippen LogP contribution in [-0.4, -0.2) is 163 Å². The van der Waals surface area contributed by atoms with E-state index in [-0.39, 0.29) is 49.2 Å². The number of rotatable bonds is 11. The van der Waals surface area contributed by atoms with E-state index in [9.17, 15) is 24.3 Å². The summed E-state index contributed by atoms with van der Waals surface area (Å²) in [5.74, 6) is -2.76. The van der Waals surface area contributed by atoms with Crippen LogP contribution in [0.2, 0.25) is 0 Å². The molecule has 8 atom stereocenters. The van der Waals surface area contributed by atoms with Crippen LogP contribution in [0.5, 0.6) is 5.75 Å². The lowest BCUT2D eigenvalue weighted by atomic mass is 9.81. The maximum absolute atomic E-state index is 15.2. The smallest absolute Gasteiger partial charge is 0.410 e. The Morgan fingerprint density at radius 1 is 0.962 bits per heavy atom. The van der Waals surface area contributed by atoms with Gasteiger partial charge < -0.3 is 43.9 Å². The minimum Gasteiger partial charge on any atom is -0.508 e. The second-order valence-corrected chi connectivity index (χ2v) is 23.6. The Balaban J connectivity index is 1.05. The zero-order valence-corrected chi connectivity index (χ0v) is 47.3. The number of piperazine rings is 1. The van der Waals surface area contributed by atoms with Crippen molar-refractivity contribution in [3.05, 3.63) is 101 Å². The lowest BCUT2D eigenvalue weighted by molar-refractivity contribution is -0.156. The van der Waals surface area contributed by atoms with Gasteiger partial charge in [0.25, 0.3) is 5.91 Å². The number of amides is 4. The van der Waals surface area contributed by atoms with Crippen LogP contribution in [0.3, 0.4) is 0 Å². The standard InChI is InChI=1S/C61H77N9O9/c1-11-68-50-18-17-39-27-45(50)47(54(68)46-29-42(31-62-51(46)36(4)77-9)67-21-19-65(7)20-22-67)30-61(5,6)34-79-59(75)52-44-28-41(44)32-70(64-52)57(73)49(25-37-23-40(39)26-43(71)24-37)63-56(72)53(35(2)3)66(8)58(74)55-48(33-69(55)60(76)78-10)38-15-13-12-14-16-38/h12-18,23-24,26-27,29,31,35-36,41,44,48-49,52-53,55,64,71H,11,19-22,25,28,30,32-34H2,1-10H3,(H,63,72)/t36-,41?,44-,48+,49-,52-,53-,55+/m0/s1. The van der Waals surface area contributed by atoms with Gasteiger partial charge in [0.15, 0.2) is 0 Å². The molecule has 10 rings (SSSR count). The largest absolute Gasteiger partial charge is 0.508 e. The Morgan fingerprint density at radius 2 is 1.71 bits per heavy atom. The van der Waals surface area contributed by atoms with Gasteiger partial charge in [-0.05, 0) is 110 Å². The zero-order chi connectivity index (χ0) is 56.2. The average Bonchev–Trinajstić information content (AvgIpc) is 4.07. The second kappa shape index (κ2) is 22.3. The number of carbonyl (C=O) groups excluding carboxylic acids is 5. The van der Waals surface area contributed by atoms with Crippen LogP contribution in [0, 0.1) is 23.2 Å². The molecule has 1 aliphatic carbocycles. The third kappa shape index (κ3) is 10.9. The number of nitrogens with zero attached hydrogens (tertiary/aromatic N) is 7. The normalized spacial score (nSPS) is 24.0. The number of carbonyl (C=O) groups is 5. The molecule has 3 aromatic carbocycles. The number of anilines is 1. The van der Waals surface area contributed by atoms with E-state index in [1.807, 2.05) is 69.4 Å². The van der Waals surface area contributed by atoms with Gasteiger partial charge in [0, 0.05) is 94.2 Å². The highest BCUT2D eigenvalue weighted by molar-refractivity contribution is 5.97. The van der Waals surface area contributed by atoms with Crippen molar-refractivity contribution in [2.45, 2.75) is 104 Å². The number of pyridine rings is 1. The number of likely N-dealkylation sites (tertiary alicyclic amines) is 1. The summed E-state index contributed by atoms with van der Waals surface area (Å²) in [7, 11) is 6.67.